The molecule has 1 unspecified atom stereocenters. The molecule has 25 heavy (non-hydrogen) atoms. The summed E-state index contributed by atoms with van der Waals surface area (Å²) in [6, 6.07) is 5.79. The van der Waals surface area contributed by atoms with E-state index >= 15 is 0 Å². The molecule has 1 atom stereocenters. The van der Waals surface area contributed by atoms with E-state index in [1.807, 2.05) is 31.6 Å². The zero-order chi connectivity index (χ0) is 19.0. The van der Waals surface area contributed by atoms with Crippen molar-refractivity contribution in [3.05, 3.63) is 18.2 Å². The van der Waals surface area contributed by atoms with Gasteiger partial charge in [0.1, 0.15) is 0 Å². The van der Waals surface area contributed by atoms with Crippen LogP contribution in [0.4, 0.5) is 5.69 Å². The number of hydrogen-bond donors (Lipinski definition) is 2. The molecule has 140 valence electrons. The van der Waals surface area contributed by atoms with Gasteiger partial charge in [0.05, 0.1) is 20.6 Å². The van der Waals surface area contributed by atoms with Crippen LogP contribution in [-0.4, -0.2) is 56.2 Å². The Morgan fingerprint density at radius 3 is 2.52 bits per heavy atom. The Morgan fingerprint density at radius 1 is 1.32 bits per heavy atom. The smallest absolute Gasteiger partial charge is 0.170 e. The van der Waals surface area contributed by atoms with E-state index in [-0.39, 0.29) is 11.6 Å². The van der Waals surface area contributed by atoms with Gasteiger partial charge in [0, 0.05) is 37.4 Å². The van der Waals surface area contributed by atoms with E-state index < -0.39 is 0 Å². The number of methoxy groups -OCH3 is 2. The van der Waals surface area contributed by atoms with Crippen molar-refractivity contribution in [2.75, 3.05) is 33.6 Å². The molecule has 0 saturated heterocycles. The average molecular weight is 367 g/mol. The summed E-state index contributed by atoms with van der Waals surface area (Å²) in [7, 11) is 7.02. The van der Waals surface area contributed by atoms with Gasteiger partial charge in [-0.3, -0.25) is 4.99 Å². The summed E-state index contributed by atoms with van der Waals surface area (Å²) in [5, 5.41) is 7.08. The number of anilines is 1. The molecule has 1 aromatic carbocycles. The highest BCUT2D eigenvalue weighted by atomic mass is 32.1. The van der Waals surface area contributed by atoms with Gasteiger partial charge < -0.3 is 25.0 Å². The van der Waals surface area contributed by atoms with E-state index in [2.05, 4.69) is 41.3 Å². The Bertz CT molecular complexity index is 605. The zero-order valence-electron chi connectivity index (χ0n) is 16.2. The average Bonchev–Trinajstić information content (AvgIpc) is 2.54. The van der Waals surface area contributed by atoms with E-state index in [9.17, 15) is 0 Å². The van der Waals surface area contributed by atoms with Gasteiger partial charge in [-0.15, -0.1) is 0 Å². The van der Waals surface area contributed by atoms with Crippen LogP contribution in [0.2, 0.25) is 0 Å². The molecule has 1 rings (SSSR count). The fourth-order valence-electron chi connectivity index (χ4n) is 2.58. The third-order valence-electron chi connectivity index (χ3n) is 4.07. The summed E-state index contributed by atoms with van der Waals surface area (Å²) in [6.07, 6.45) is 2.75. The van der Waals surface area contributed by atoms with Crippen molar-refractivity contribution in [3.63, 3.8) is 0 Å². The number of nitrogens with one attached hydrogen (secondary N) is 2. The molecule has 0 amide bonds. The van der Waals surface area contributed by atoms with Crippen LogP contribution in [0.15, 0.2) is 23.2 Å². The van der Waals surface area contributed by atoms with Crippen LogP contribution in [0.3, 0.4) is 0 Å². The lowest BCUT2D eigenvalue weighted by Gasteiger charge is -2.36. The lowest BCUT2D eigenvalue weighted by molar-refractivity contribution is 0.227. The van der Waals surface area contributed by atoms with Crippen molar-refractivity contribution in [2.45, 2.75) is 38.8 Å². The van der Waals surface area contributed by atoms with E-state index in [4.69, 9.17) is 21.7 Å². The third kappa shape index (κ3) is 6.42. The quantitative estimate of drug-likeness (QED) is 0.419. The van der Waals surface area contributed by atoms with Crippen molar-refractivity contribution >= 4 is 29.4 Å². The Balaban J connectivity index is 2.64. The van der Waals surface area contributed by atoms with Crippen molar-refractivity contribution in [3.8, 4) is 11.5 Å². The highest BCUT2D eigenvalue weighted by Crippen LogP contribution is 2.29. The van der Waals surface area contributed by atoms with Crippen molar-refractivity contribution in [1.82, 2.24) is 10.2 Å². The number of nitrogens with zero attached hydrogens (tertiary/aromatic N) is 2. The molecule has 0 spiro atoms. The van der Waals surface area contributed by atoms with Gasteiger partial charge >= 0.3 is 0 Å². The van der Waals surface area contributed by atoms with Crippen LogP contribution >= 0.6 is 12.2 Å². The molecule has 0 aliphatic heterocycles. The Labute approximate surface area is 156 Å². The van der Waals surface area contributed by atoms with Gasteiger partial charge in [0.2, 0.25) is 0 Å². The number of aliphatic imine (C=N–C) groups is 1. The summed E-state index contributed by atoms with van der Waals surface area (Å²) >= 11 is 5.42. The van der Waals surface area contributed by atoms with Gasteiger partial charge in [0.15, 0.2) is 16.6 Å². The first-order valence-corrected chi connectivity index (χ1v) is 8.59. The molecule has 0 aliphatic carbocycles. The van der Waals surface area contributed by atoms with Crippen LogP contribution in [-0.2, 0) is 0 Å². The first-order chi connectivity index (χ1) is 11.7. The third-order valence-corrected chi connectivity index (χ3v) is 4.29. The SMILES string of the molecule is CN=CN(C)C(C)(C)CC(C)NC(=S)Nc1ccc(OC)c(OC)c1. The second kappa shape index (κ2) is 9.46. The monoisotopic (exact) mass is 366 g/mol. The van der Waals surface area contributed by atoms with Gasteiger partial charge in [-0.05, 0) is 51.5 Å². The summed E-state index contributed by atoms with van der Waals surface area (Å²) in [4.78, 5) is 6.18. The maximum atomic E-state index is 5.42. The first kappa shape index (κ1) is 21.0. The molecule has 7 heteroatoms. The predicted molar refractivity (Wildman–Crippen MR) is 109 cm³/mol. The lowest BCUT2D eigenvalue weighted by Crippen LogP contribution is -2.47. The molecule has 0 heterocycles. The van der Waals surface area contributed by atoms with Gasteiger partial charge in [-0.25, -0.2) is 0 Å². The van der Waals surface area contributed by atoms with Crippen molar-refractivity contribution in [1.29, 1.82) is 0 Å². The minimum Gasteiger partial charge on any atom is -0.493 e. The summed E-state index contributed by atoms with van der Waals surface area (Å²) in [5.74, 6) is 1.34. The van der Waals surface area contributed by atoms with Crippen LogP contribution in [0.1, 0.15) is 27.2 Å². The Morgan fingerprint density at radius 2 is 1.96 bits per heavy atom. The predicted octanol–water partition coefficient (Wildman–Crippen LogP) is 3.14. The minimum absolute atomic E-state index is 0.0368. The highest BCUT2D eigenvalue weighted by molar-refractivity contribution is 7.80. The number of rotatable bonds is 8. The van der Waals surface area contributed by atoms with Gasteiger partial charge in [-0.1, -0.05) is 0 Å². The summed E-state index contributed by atoms with van der Waals surface area (Å²) in [5.41, 5.74) is 0.807. The second-order valence-electron chi connectivity index (χ2n) is 6.57. The molecule has 0 bridgehead atoms. The van der Waals surface area contributed by atoms with E-state index in [1.54, 1.807) is 21.3 Å². The van der Waals surface area contributed by atoms with Gasteiger partial charge in [-0.2, -0.15) is 0 Å². The van der Waals surface area contributed by atoms with Crippen LogP contribution in [0.25, 0.3) is 0 Å². The maximum Gasteiger partial charge on any atom is 0.170 e. The van der Waals surface area contributed by atoms with E-state index in [1.165, 1.54) is 0 Å². The maximum absolute atomic E-state index is 5.42. The largest absolute Gasteiger partial charge is 0.493 e. The van der Waals surface area contributed by atoms with Gasteiger partial charge in [0.25, 0.3) is 0 Å². The molecular formula is C18H30N4O2S. The molecule has 0 saturated carbocycles. The number of hydrogen-bond acceptors (Lipinski definition) is 4. The molecular weight excluding hydrogens is 336 g/mol. The standard InChI is InChI=1S/C18H30N4O2S/c1-13(11-18(2,3)22(5)12-19-4)20-17(25)21-14-8-9-15(23-6)16(10-14)24-7/h8-10,12-13H,11H2,1-7H3,(H2,20,21,25). The zero-order valence-corrected chi connectivity index (χ0v) is 17.0. The molecule has 0 radical (unpaired) electrons. The van der Waals surface area contributed by atoms with Crippen LogP contribution in [0, 0.1) is 0 Å². The number of thiocarbonyl (C=S) groups is 1. The van der Waals surface area contributed by atoms with Crippen LogP contribution < -0.4 is 20.1 Å². The van der Waals surface area contributed by atoms with E-state index in [0.29, 0.717) is 16.6 Å². The molecule has 1 aromatic rings. The Hall–Kier alpha value is -2.02. The molecule has 0 fully saturated rings. The molecule has 2 N–H and O–H groups in total. The topological polar surface area (TPSA) is 58.1 Å². The highest BCUT2D eigenvalue weighted by Gasteiger charge is 2.24. The molecule has 6 nitrogen and oxygen atoms in total. The molecule has 0 aliphatic rings. The first-order valence-electron chi connectivity index (χ1n) is 8.18. The van der Waals surface area contributed by atoms with Crippen molar-refractivity contribution in [2.24, 2.45) is 4.99 Å². The fraction of sp³-hybridized carbons (Fsp3) is 0.556. The second-order valence-corrected chi connectivity index (χ2v) is 6.98. The minimum atomic E-state index is -0.0368. The summed E-state index contributed by atoms with van der Waals surface area (Å²) in [6.45, 7) is 6.47. The number of benzene rings is 1. The number of ether oxygens (including phenoxy) is 2. The lowest BCUT2D eigenvalue weighted by atomic mass is 9.95. The normalized spacial score (nSPS) is 12.6. The molecule has 0 aromatic heterocycles. The Kier molecular flexibility index (Phi) is 7.96. The fourth-order valence-corrected chi connectivity index (χ4v) is 2.90. The van der Waals surface area contributed by atoms with Crippen LogP contribution in [0.5, 0.6) is 11.5 Å². The summed E-state index contributed by atoms with van der Waals surface area (Å²) < 4.78 is 10.5. The van der Waals surface area contributed by atoms with E-state index in [0.717, 1.165) is 12.1 Å². The van der Waals surface area contributed by atoms with Crippen molar-refractivity contribution < 1.29 is 9.47 Å².